The molecule has 0 saturated heterocycles. The van der Waals surface area contributed by atoms with Gasteiger partial charge in [0.15, 0.2) is 0 Å². The second kappa shape index (κ2) is 8.31. The summed E-state index contributed by atoms with van der Waals surface area (Å²) in [6.07, 6.45) is 5.39. The summed E-state index contributed by atoms with van der Waals surface area (Å²) < 4.78 is 0. The number of hydrogen-bond donors (Lipinski definition) is 2. The number of hydrogen-bond acceptors (Lipinski definition) is 2. The van der Waals surface area contributed by atoms with E-state index in [1.807, 2.05) is 61.5 Å². The molecule has 29 heavy (non-hydrogen) atoms. The van der Waals surface area contributed by atoms with Gasteiger partial charge in [-0.25, -0.2) is 0 Å². The van der Waals surface area contributed by atoms with Gasteiger partial charge in [-0.15, -0.1) is 0 Å². The fraction of sp³-hybridized carbons (Fsp3) is 0.200. The summed E-state index contributed by atoms with van der Waals surface area (Å²) >= 11 is 0. The Morgan fingerprint density at radius 2 is 1.69 bits per heavy atom. The largest absolute Gasteiger partial charge is 0.346 e. The van der Waals surface area contributed by atoms with Gasteiger partial charge in [-0.1, -0.05) is 54.6 Å². The van der Waals surface area contributed by atoms with E-state index < -0.39 is 0 Å². The molecule has 0 spiro atoms. The van der Waals surface area contributed by atoms with Crippen molar-refractivity contribution in [1.82, 2.24) is 5.32 Å². The molecule has 146 valence electrons. The second-order valence-electron chi connectivity index (χ2n) is 7.52. The van der Waals surface area contributed by atoms with E-state index in [4.69, 9.17) is 0 Å². The van der Waals surface area contributed by atoms with Gasteiger partial charge in [-0.05, 0) is 59.9 Å². The van der Waals surface area contributed by atoms with E-state index in [-0.39, 0.29) is 23.8 Å². The summed E-state index contributed by atoms with van der Waals surface area (Å²) in [6, 6.07) is 21.7. The highest BCUT2D eigenvalue weighted by Crippen LogP contribution is 2.30. The van der Waals surface area contributed by atoms with Crippen molar-refractivity contribution in [1.29, 1.82) is 0 Å². The molecule has 1 aliphatic rings. The van der Waals surface area contributed by atoms with Gasteiger partial charge in [0, 0.05) is 17.7 Å². The lowest BCUT2D eigenvalue weighted by Crippen LogP contribution is -2.24. The van der Waals surface area contributed by atoms with Gasteiger partial charge in [0.05, 0.1) is 6.04 Å². The third-order valence-electron chi connectivity index (χ3n) is 5.22. The number of anilines is 1. The predicted octanol–water partition coefficient (Wildman–Crippen LogP) is 5.08. The summed E-state index contributed by atoms with van der Waals surface area (Å²) in [7, 11) is 0. The Bertz CT molecular complexity index is 1060. The van der Waals surface area contributed by atoms with Gasteiger partial charge in [-0.3, -0.25) is 9.59 Å². The summed E-state index contributed by atoms with van der Waals surface area (Å²) in [4.78, 5) is 24.2. The van der Waals surface area contributed by atoms with E-state index in [1.54, 1.807) is 6.08 Å². The van der Waals surface area contributed by atoms with Crippen LogP contribution >= 0.6 is 0 Å². The fourth-order valence-electron chi connectivity index (χ4n) is 3.35. The van der Waals surface area contributed by atoms with Crippen molar-refractivity contribution in [2.75, 3.05) is 5.32 Å². The first kappa shape index (κ1) is 18.9. The maximum Gasteiger partial charge on any atom is 0.244 e. The van der Waals surface area contributed by atoms with Gasteiger partial charge >= 0.3 is 0 Å². The lowest BCUT2D eigenvalue weighted by Gasteiger charge is -2.14. The number of rotatable bonds is 6. The van der Waals surface area contributed by atoms with Crippen molar-refractivity contribution >= 4 is 34.4 Å². The smallest absolute Gasteiger partial charge is 0.244 e. The quantitative estimate of drug-likeness (QED) is 0.582. The molecule has 3 aromatic carbocycles. The van der Waals surface area contributed by atoms with E-state index >= 15 is 0 Å². The Labute approximate surface area is 170 Å². The van der Waals surface area contributed by atoms with Crippen LogP contribution in [0.4, 0.5) is 5.69 Å². The van der Waals surface area contributed by atoms with Crippen molar-refractivity contribution in [3.05, 3.63) is 83.9 Å². The Morgan fingerprint density at radius 3 is 2.45 bits per heavy atom. The van der Waals surface area contributed by atoms with E-state index in [9.17, 15) is 9.59 Å². The first-order valence-electron chi connectivity index (χ1n) is 9.97. The average molecular weight is 384 g/mol. The molecule has 1 fully saturated rings. The highest BCUT2D eigenvalue weighted by molar-refractivity contribution is 5.97. The molecule has 4 nitrogen and oxygen atoms in total. The van der Waals surface area contributed by atoms with Gasteiger partial charge in [-0.2, -0.15) is 0 Å². The SMILES string of the molecule is CC(NC(=O)/C=C/c1cccc2ccccc12)c1ccc(NC(=O)C2CC2)cc1. The Hall–Kier alpha value is -3.40. The zero-order valence-electron chi connectivity index (χ0n) is 16.4. The maximum absolute atomic E-state index is 12.4. The number of carbonyl (C=O) groups is 2. The van der Waals surface area contributed by atoms with Crippen molar-refractivity contribution in [3.63, 3.8) is 0 Å². The molecule has 1 aliphatic carbocycles. The van der Waals surface area contributed by atoms with Crippen LogP contribution in [-0.2, 0) is 9.59 Å². The molecule has 4 rings (SSSR count). The molecule has 4 heteroatoms. The van der Waals surface area contributed by atoms with E-state index in [2.05, 4.69) is 28.8 Å². The van der Waals surface area contributed by atoms with Gasteiger partial charge in [0.2, 0.25) is 11.8 Å². The lowest BCUT2D eigenvalue weighted by atomic mass is 10.0. The molecule has 1 saturated carbocycles. The molecule has 3 aromatic rings. The zero-order valence-corrected chi connectivity index (χ0v) is 16.4. The van der Waals surface area contributed by atoms with Crippen molar-refractivity contribution in [2.45, 2.75) is 25.8 Å². The summed E-state index contributed by atoms with van der Waals surface area (Å²) in [6.45, 7) is 1.95. The first-order chi connectivity index (χ1) is 14.1. The molecule has 0 bridgehead atoms. The van der Waals surface area contributed by atoms with Crippen LogP contribution in [0.15, 0.2) is 72.8 Å². The summed E-state index contributed by atoms with van der Waals surface area (Å²) in [5, 5.41) is 8.19. The summed E-state index contributed by atoms with van der Waals surface area (Å²) in [5.41, 5.74) is 2.79. The van der Waals surface area contributed by atoms with Crippen LogP contribution in [-0.4, -0.2) is 11.8 Å². The molecular formula is C25H24N2O2. The normalized spacial score (nSPS) is 14.7. The predicted molar refractivity (Wildman–Crippen MR) is 117 cm³/mol. The van der Waals surface area contributed by atoms with Crippen LogP contribution in [0.1, 0.15) is 36.9 Å². The number of nitrogens with one attached hydrogen (secondary N) is 2. The Kier molecular flexibility index (Phi) is 5.43. The molecule has 1 unspecified atom stereocenters. The van der Waals surface area contributed by atoms with Crippen LogP contribution in [0.3, 0.4) is 0 Å². The highest BCUT2D eigenvalue weighted by atomic mass is 16.2. The number of benzene rings is 3. The van der Waals surface area contributed by atoms with E-state index in [0.717, 1.165) is 40.4 Å². The van der Waals surface area contributed by atoms with E-state index in [1.165, 1.54) is 0 Å². The number of amides is 2. The van der Waals surface area contributed by atoms with Crippen LogP contribution < -0.4 is 10.6 Å². The minimum absolute atomic E-state index is 0.0951. The third kappa shape index (κ3) is 4.72. The average Bonchev–Trinajstić information content (AvgIpc) is 3.58. The zero-order chi connectivity index (χ0) is 20.2. The Morgan fingerprint density at radius 1 is 0.966 bits per heavy atom. The first-order valence-corrected chi connectivity index (χ1v) is 9.97. The van der Waals surface area contributed by atoms with Crippen molar-refractivity contribution in [3.8, 4) is 0 Å². The van der Waals surface area contributed by atoms with Crippen LogP contribution in [0.25, 0.3) is 16.8 Å². The van der Waals surface area contributed by atoms with E-state index in [0.29, 0.717) is 0 Å². The highest BCUT2D eigenvalue weighted by Gasteiger charge is 2.29. The van der Waals surface area contributed by atoms with Crippen LogP contribution in [0.2, 0.25) is 0 Å². The molecule has 0 heterocycles. The van der Waals surface area contributed by atoms with Crippen molar-refractivity contribution in [2.24, 2.45) is 5.92 Å². The number of carbonyl (C=O) groups excluding carboxylic acids is 2. The Balaban J connectivity index is 1.37. The molecule has 2 amide bonds. The van der Waals surface area contributed by atoms with Crippen LogP contribution in [0.5, 0.6) is 0 Å². The molecule has 1 atom stereocenters. The minimum atomic E-state index is -0.142. The van der Waals surface area contributed by atoms with Crippen molar-refractivity contribution < 1.29 is 9.59 Å². The monoisotopic (exact) mass is 384 g/mol. The fourth-order valence-corrected chi connectivity index (χ4v) is 3.35. The van der Waals surface area contributed by atoms with Gasteiger partial charge in [0.1, 0.15) is 0 Å². The molecular weight excluding hydrogens is 360 g/mol. The van der Waals surface area contributed by atoms with Crippen LogP contribution in [0, 0.1) is 5.92 Å². The standard InChI is InChI=1S/C25H24N2O2/c1-17(18-11-14-22(15-12-18)27-25(29)21-9-10-21)26-24(28)16-13-20-7-4-6-19-5-2-3-8-23(19)20/h2-8,11-17,21H,9-10H2,1H3,(H,26,28)(H,27,29)/b16-13+. The minimum Gasteiger partial charge on any atom is -0.346 e. The second-order valence-corrected chi connectivity index (χ2v) is 7.52. The molecule has 0 aliphatic heterocycles. The molecule has 2 N–H and O–H groups in total. The molecule has 0 radical (unpaired) electrons. The van der Waals surface area contributed by atoms with Gasteiger partial charge < -0.3 is 10.6 Å². The number of fused-ring (bicyclic) bond motifs is 1. The van der Waals surface area contributed by atoms with Gasteiger partial charge in [0.25, 0.3) is 0 Å². The summed E-state index contributed by atoms with van der Waals surface area (Å²) in [5.74, 6) is 0.135. The topological polar surface area (TPSA) is 58.2 Å². The lowest BCUT2D eigenvalue weighted by molar-refractivity contribution is -0.118. The molecule has 0 aromatic heterocycles. The maximum atomic E-state index is 12.4. The third-order valence-corrected chi connectivity index (χ3v) is 5.22.